The van der Waals surface area contributed by atoms with Gasteiger partial charge in [0.05, 0.1) is 11.2 Å². The number of carbonyl (C=O) groups excluding carboxylic acids is 1. The molecular formula is C16H17IN2O. The fourth-order valence-electron chi connectivity index (χ4n) is 3.03. The second-order valence-electron chi connectivity index (χ2n) is 5.27. The molecule has 20 heavy (non-hydrogen) atoms. The second-order valence-corrected chi connectivity index (χ2v) is 6.43. The van der Waals surface area contributed by atoms with Gasteiger partial charge >= 0.3 is 0 Å². The molecule has 1 aromatic heterocycles. The zero-order valence-electron chi connectivity index (χ0n) is 11.3. The molecule has 0 saturated heterocycles. The number of amides is 1. The third-order valence-electron chi connectivity index (χ3n) is 4.05. The lowest BCUT2D eigenvalue weighted by Crippen LogP contribution is -2.35. The van der Waals surface area contributed by atoms with Crippen molar-refractivity contribution in [2.45, 2.75) is 38.1 Å². The molecule has 104 valence electrons. The van der Waals surface area contributed by atoms with Gasteiger partial charge in [-0.25, -0.2) is 0 Å². The van der Waals surface area contributed by atoms with Gasteiger partial charge in [0.2, 0.25) is 6.41 Å². The number of halogens is 1. The summed E-state index contributed by atoms with van der Waals surface area (Å²) in [5.41, 5.74) is 1.87. The number of fused-ring (bicyclic) bond motifs is 1. The van der Waals surface area contributed by atoms with Crippen molar-refractivity contribution >= 4 is 45.6 Å². The summed E-state index contributed by atoms with van der Waals surface area (Å²) in [5.74, 6) is 0. The molecule has 3 nitrogen and oxygen atoms in total. The number of aromatic nitrogens is 1. The Hall–Kier alpha value is -1.17. The zero-order valence-corrected chi connectivity index (χ0v) is 13.4. The van der Waals surface area contributed by atoms with Crippen molar-refractivity contribution in [1.82, 2.24) is 4.98 Å². The van der Waals surface area contributed by atoms with Crippen LogP contribution in [0.25, 0.3) is 10.9 Å². The van der Waals surface area contributed by atoms with Crippen LogP contribution in [0, 0.1) is 3.57 Å². The quantitative estimate of drug-likeness (QED) is 0.593. The average molecular weight is 380 g/mol. The van der Waals surface area contributed by atoms with E-state index in [1.807, 2.05) is 17.0 Å². The van der Waals surface area contributed by atoms with Gasteiger partial charge in [-0.15, -0.1) is 0 Å². The maximum Gasteiger partial charge on any atom is 0.214 e. The van der Waals surface area contributed by atoms with Crippen molar-refractivity contribution in [3.63, 3.8) is 0 Å². The first-order chi connectivity index (χ1) is 9.81. The van der Waals surface area contributed by atoms with Crippen LogP contribution in [0.5, 0.6) is 0 Å². The molecule has 1 heterocycles. The molecule has 0 N–H and O–H groups in total. The maximum absolute atomic E-state index is 11.6. The minimum absolute atomic E-state index is 0.325. The van der Waals surface area contributed by atoms with E-state index in [1.165, 1.54) is 22.8 Å². The number of carbonyl (C=O) groups is 1. The van der Waals surface area contributed by atoms with Gasteiger partial charge in [-0.2, -0.15) is 0 Å². The Morgan fingerprint density at radius 3 is 2.75 bits per heavy atom. The first-order valence-corrected chi connectivity index (χ1v) is 8.16. The third kappa shape index (κ3) is 2.53. The van der Waals surface area contributed by atoms with Crippen LogP contribution in [0.3, 0.4) is 0 Å². The molecule has 1 amide bonds. The van der Waals surface area contributed by atoms with Gasteiger partial charge < -0.3 is 4.90 Å². The lowest BCUT2D eigenvalue weighted by atomic mass is 9.94. The van der Waals surface area contributed by atoms with Crippen molar-refractivity contribution in [3.8, 4) is 0 Å². The Kier molecular flexibility index (Phi) is 4.19. The highest BCUT2D eigenvalue weighted by atomic mass is 127. The molecular weight excluding hydrogens is 363 g/mol. The van der Waals surface area contributed by atoms with Gasteiger partial charge in [0.1, 0.15) is 0 Å². The van der Waals surface area contributed by atoms with Crippen LogP contribution in [-0.2, 0) is 4.79 Å². The molecule has 3 rings (SSSR count). The zero-order chi connectivity index (χ0) is 13.9. The third-order valence-corrected chi connectivity index (χ3v) is 5.00. The number of rotatable bonds is 3. The molecule has 1 aromatic carbocycles. The maximum atomic E-state index is 11.6. The predicted molar refractivity (Wildman–Crippen MR) is 89.9 cm³/mol. The molecule has 1 aliphatic carbocycles. The minimum atomic E-state index is 0.325. The van der Waals surface area contributed by atoms with Gasteiger partial charge in [0.25, 0.3) is 0 Å². The Balaban J connectivity index is 2.07. The normalized spacial score (nSPS) is 16.2. The fraction of sp³-hybridized carbons (Fsp3) is 0.375. The Morgan fingerprint density at radius 1 is 1.20 bits per heavy atom. The Bertz CT molecular complexity index is 623. The van der Waals surface area contributed by atoms with E-state index in [9.17, 15) is 4.79 Å². The summed E-state index contributed by atoms with van der Waals surface area (Å²) in [7, 11) is 0. The molecule has 0 unspecified atom stereocenters. The molecule has 0 atom stereocenters. The van der Waals surface area contributed by atoms with Gasteiger partial charge in [-0.05, 0) is 53.6 Å². The highest BCUT2D eigenvalue weighted by Crippen LogP contribution is 2.32. The molecule has 1 aliphatic rings. The molecule has 1 fully saturated rings. The van der Waals surface area contributed by atoms with E-state index in [0.717, 1.165) is 35.8 Å². The SMILES string of the molecule is O=CN(c1ccc(I)c2cccnc12)C1CCCCC1. The summed E-state index contributed by atoms with van der Waals surface area (Å²) in [5, 5.41) is 1.12. The van der Waals surface area contributed by atoms with Crippen LogP contribution < -0.4 is 4.90 Å². The van der Waals surface area contributed by atoms with Crippen molar-refractivity contribution in [1.29, 1.82) is 0 Å². The van der Waals surface area contributed by atoms with Crippen LogP contribution in [0.4, 0.5) is 5.69 Å². The Morgan fingerprint density at radius 2 is 2.00 bits per heavy atom. The lowest BCUT2D eigenvalue weighted by molar-refractivity contribution is -0.108. The molecule has 1 saturated carbocycles. The van der Waals surface area contributed by atoms with E-state index in [1.54, 1.807) is 6.20 Å². The number of hydrogen-bond donors (Lipinski definition) is 0. The van der Waals surface area contributed by atoms with Crippen LogP contribution in [0.2, 0.25) is 0 Å². The number of pyridine rings is 1. The summed E-state index contributed by atoms with van der Waals surface area (Å²) in [4.78, 5) is 18.0. The van der Waals surface area contributed by atoms with E-state index < -0.39 is 0 Å². The van der Waals surface area contributed by atoms with Crippen LogP contribution in [0.1, 0.15) is 32.1 Å². The van der Waals surface area contributed by atoms with Crippen molar-refractivity contribution < 1.29 is 4.79 Å². The van der Waals surface area contributed by atoms with E-state index in [4.69, 9.17) is 0 Å². The van der Waals surface area contributed by atoms with E-state index >= 15 is 0 Å². The van der Waals surface area contributed by atoms with Gasteiger partial charge in [-0.3, -0.25) is 9.78 Å². The molecule has 0 aliphatic heterocycles. The summed E-state index contributed by atoms with van der Waals surface area (Å²) in [6, 6.07) is 8.43. The van der Waals surface area contributed by atoms with Crippen molar-refractivity contribution in [2.24, 2.45) is 0 Å². The standard InChI is InChI=1S/C16H17IN2O/c17-14-8-9-15(16-13(14)7-4-10-18-16)19(11-20)12-5-2-1-3-6-12/h4,7-12H,1-3,5-6H2. The minimum Gasteiger partial charge on any atom is -0.310 e. The first kappa shape index (κ1) is 13.8. The van der Waals surface area contributed by atoms with Gasteiger partial charge in [0, 0.05) is 21.2 Å². The summed E-state index contributed by atoms with van der Waals surface area (Å²) in [6.45, 7) is 0. The number of anilines is 1. The monoisotopic (exact) mass is 380 g/mol. The molecule has 0 bridgehead atoms. The smallest absolute Gasteiger partial charge is 0.214 e. The van der Waals surface area contributed by atoms with Crippen LogP contribution >= 0.6 is 22.6 Å². The highest BCUT2D eigenvalue weighted by molar-refractivity contribution is 14.1. The van der Waals surface area contributed by atoms with Crippen molar-refractivity contribution in [3.05, 3.63) is 34.0 Å². The predicted octanol–water partition coefficient (Wildman–Crippen LogP) is 4.13. The first-order valence-electron chi connectivity index (χ1n) is 7.08. The van der Waals surface area contributed by atoms with Crippen LogP contribution in [-0.4, -0.2) is 17.4 Å². The molecule has 0 radical (unpaired) electrons. The van der Waals surface area contributed by atoms with E-state index in [-0.39, 0.29) is 0 Å². The van der Waals surface area contributed by atoms with E-state index in [2.05, 4.69) is 39.7 Å². The topological polar surface area (TPSA) is 33.2 Å². The number of benzene rings is 1. The number of nitrogens with zero attached hydrogens (tertiary/aromatic N) is 2. The van der Waals surface area contributed by atoms with Gasteiger partial charge in [0.15, 0.2) is 0 Å². The molecule has 0 spiro atoms. The molecule has 4 heteroatoms. The number of hydrogen-bond acceptors (Lipinski definition) is 2. The Labute approximate surface area is 132 Å². The van der Waals surface area contributed by atoms with E-state index in [0.29, 0.717) is 6.04 Å². The summed E-state index contributed by atoms with van der Waals surface area (Å²) in [6.07, 6.45) is 8.68. The van der Waals surface area contributed by atoms with Gasteiger partial charge in [-0.1, -0.05) is 25.3 Å². The highest BCUT2D eigenvalue weighted by Gasteiger charge is 2.23. The largest absolute Gasteiger partial charge is 0.310 e. The summed E-state index contributed by atoms with van der Waals surface area (Å²) < 4.78 is 1.17. The van der Waals surface area contributed by atoms with Crippen molar-refractivity contribution in [2.75, 3.05) is 4.90 Å². The summed E-state index contributed by atoms with van der Waals surface area (Å²) >= 11 is 2.32. The lowest BCUT2D eigenvalue weighted by Gasteiger charge is -2.31. The van der Waals surface area contributed by atoms with Crippen LogP contribution in [0.15, 0.2) is 30.5 Å². The second kappa shape index (κ2) is 6.08. The average Bonchev–Trinajstić information content (AvgIpc) is 2.52. The fourth-order valence-corrected chi connectivity index (χ4v) is 3.65. The molecule has 2 aromatic rings.